The van der Waals surface area contributed by atoms with Gasteiger partial charge in [-0.25, -0.2) is 13.4 Å². The summed E-state index contributed by atoms with van der Waals surface area (Å²) in [5, 5.41) is 0.940. The van der Waals surface area contributed by atoms with Gasteiger partial charge in [0.25, 0.3) is 10.0 Å². The predicted octanol–water partition coefficient (Wildman–Crippen LogP) is 3.70. The molecule has 1 aliphatic heterocycles. The molecular weight excluding hydrogens is 438 g/mol. The number of nitrogens with one attached hydrogen (secondary N) is 1. The fourth-order valence-corrected chi connectivity index (χ4v) is 5.42. The van der Waals surface area contributed by atoms with E-state index in [1.165, 1.54) is 0 Å². The molecule has 3 aromatic rings. The van der Waals surface area contributed by atoms with Crippen LogP contribution in [0.4, 0.5) is 10.8 Å². The highest BCUT2D eigenvalue weighted by Crippen LogP contribution is 2.31. The highest BCUT2D eigenvalue weighted by molar-refractivity contribution is 9.10. The van der Waals surface area contributed by atoms with Gasteiger partial charge in [0.05, 0.1) is 34.0 Å². The average Bonchev–Trinajstić information content (AvgIpc) is 3.05. The van der Waals surface area contributed by atoms with Gasteiger partial charge in [0.15, 0.2) is 5.13 Å². The monoisotopic (exact) mass is 453 g/mol. The lowest BCUT2D eigenvalue weighted by Crippen LogP contribution is -2.36. The minimum absolute atomic E-state index is 0.213. The van der Waals surface area contributed by atoms with E-state index in [1.54, 1.807) is 41.7 Å². The molecule has 0 saturated carbocycles. The molecule has 136 valence electrons. The topological polar surface area (TPSA) is 71.5 Å². The first-order valence-electron chi connectivity index (χ1n) is 8.03. The number of halogens is 1. The summed E-state index contributed by atoms with van der Waals surface area (Å²) in [6.07, 6.45) is 0. The van der Waals surface area contributed by atoms with E-state index < -0.39 is 10.0 Å². The smallest absolute Gasteiger partial charge is 0.261 e. The summed E-state index contributed by atoms with van der Waals surface area (Å²) in [5.41, 5.74) is 1.39. The van der Waals surface area contributed by atoms with Crippen LogP contribution in [-0.4, -0.2) is 39.7 Å². The molecule has 2 heterocycles. The van der Waals surface area contributed by atoms with Crippen molar-refractivity contribution in [3.05, 3.63) is 46.9 Å². The van der Waals surface area contributed by atoms with Crippen LogP contribution in [0, 0.1) is 0 Å². The second-order valence-electron chi connectivity index (χ2n) is 5.84. The zero-order valence-electron chi connectivity index (χ0n) is 13.7. The molecule has 0 amide bonds. The predicted molar refractivity (Wildman–Crippen MR) is 108 cm³/mol. The summed E-state index contributed by atoms with van der Waals surface area (Å²) in [5.74, 6) is 0. The summed E-state index contributed by atoms with van der Waals surface area (Å²) in [7, 11) is -3.64. The van der Waals surface area contributed by atoms with E-state index >= 15 is 0 Å². The van der Waals surface area contributed by atoms with Crippen molar-refractivity contribution < 1.29 is 13.2 Å². The average molecular weight is 454 g/mol. The third-order valence-electron chi connectivity index (χ3n) is 4.02. The first-order chi connectivity index (χ1) is 12.5. The lowest BCUT2D eigenvalue weighted by Gasteiger charge is -2.25. The molecule has 0 atom stereocenters. The van der Waals surface area contributed by atoms with E-state index in [9.17, 15) is 8.42 Å². The number of sulfonamides is 1. The number of rotatable bonds is 4. The Hall–Kier alpha value is -1.68. The SMILES string of the molecule is O=S(=O)(Nc1ccc2nc(N3CCOCC3)sc2c1)c1cccc(Br)c1. The van der Waals surface area contributed by atoms with E-state index in [2.05, 4.69) is 30.5 Å². The molecule has 6 nitrogen and oxygen atoms in total. The molecule has 9 heteroatoms. The summed E-state index contributed by atoms with van der Waals surface area (Å²) < 4.78 is 34.8. The molecule has 1 aromatic heterocycles. The van der Waals surface area contributed by atoms with Crippen molar-refractivity contribution in [2.45, 2.75) is 4.90 Å². The highest BCUT2D eigenvalue weighted by Gasteiger charge is 2.17. The number of hydrogen-bond acceptors (Lipinski definition) is 6. The molecule has 0 aliphatic carbocycles. The Bertz CT molecular complexity index is 1050. The molecule has 0 radical (unpaired) electrons. The standard InChI is InChI=1S/C17H16BrN3O3S2/c18-12-2-1-3-14(10-12)26(22,23)20-13-4-5-15-16(11-13)25-17(19-15)21-6-8-24-9-7-21/h1-5,10-11,20H,6-9H2. The summed E-state index contributed by atoms with van der Waals surface area (Å²) in [6, 6.07) is 12.0. The number of thiazole rings is 1. The van der Waals surface area contributed by atoms with Gasteiger partial charge in [-0.3, -0.25) is 4.72 Å². The number of fused-ring (bicyclic) bond motifs is 1. The minimum Gasteiger partial charge on any atom is -0.378 e. The Kier molecular flexibility index (Phi) is 4.87. The van der Waals surface area contributed by atoms with Crippen molar-refractivity contribution in [2.24, 2.45) is 0 Å². The number of nitrogens with zero attached hydrogens (tertiary/aromatic N) is 2. The number of anilines is 2. The van der Waals surface area contributed by atoms with Gasteiger partial charge in [-0.15, -0.1) is 0 Å². The van der Waals surface area contributed by atoms with Gasteiger partial charge in [-0.05, 0) is 36.4 Å². The molecule has 0 bridgehead atoms. The minimum atomic E-state index is -3.64. The molecular formula is C17H16BrN3O3S2. The molecule has 2 aromatic carbocycles. The van der Waals surface area contributed by atoms with Crippen molar-refractivity contribution in [3.63, 3.8) is 0 Å². The van der Waals surface area contributed by atoms with Gasteiger partial charge in [-0.2, -0.15) is 0 Å². The molecule has 1 fully saturated rings. The van der Waals surface area contributed by atoms with Crippen molar-refractivity contribution in [2.75, 3.05) is 35.9 Å². The molecule has 26 heavy (non-hydrogen) atoms. The van der Waals surface area contributed by atoms with Crippen molar-refractivity contribution in [3.8, 4) is 0 Å². The molecule has 1 saturated heterocycles. The fourth-order valence-electron chi connectivity index (χ4n) is 2.71. The largest absolute Gasteiger partial charge is 0.378 e. The maximum absolute atomic E-state index is 12.6. The van der Waals surface area contributed by atoms with E-state index in [0.717, 1.165) is 28.4 Å². The number of morpholine rings is 1. The maximum atomic E-state index is 12.6. The van der Waals surface area contributed by atoms with Crippen LogP contribution in [0.5, 0.6) is 0 Å². The Balaban J connectivity index is 1.61. The normalized spacial score (nSPS) is 15.3. The van der Waals surface area contributed by atoms with Gasteiger partial charge < -0.3 is 9.64 Å². The number of aromatic nitrogens is 1. The lowest BCUT2D eigenvalue weighted by atomic mass is 10.3. The Morgan fingerprint density at radius 1 is 1.15 bits per heavy atom. The second kappa shape index (κ2) is 7.15. The molecule has 1 N–H and O–H groups in total. The van der Waals surface area contributed by atoms with E-state index in [4.69, 9.17) is 4.74 Å². The van der Waals surface area contributed by atoms with Crippen LogP contribution >= 0.6 is 27.3 Å². The summed E-state index contributed by atoms with van der Waals surface area (Å²) in [6.45, 7) is 3.05. The highest BCUT2D eigenvalue weighted by atomic mass is 79.9. The molecule has 0 spiro atoms. The second-order valence-corrected chi connectivity index (χ2v) is 9.45. The van der Waals surface area contributed by atoms with Crippen LogP contribution < -0.4 is 9.62 Å². The molecule has 4 rings (SSSR count). The van der Waals surface area contributed by atoms with Crippen molar-refractivity contribution in [1.82, 2.24) is 4.98 Å². The number of ether oxygens (including phenoxy) is 1. The van der Waals surface area contributed by atoms with Gasteiger partial charge in [0.2, 0.25) is 0 Å². The van der Waals surface area contributed by atoms with Crippen LogP contribution in [-0.2, 0) is 14.8 Å². The molecule has 1 aliphatic rings. The third-order valence-corrected chi connectivity index (χ3v) is 6.97. The zero-order valence-corrected chi connectivity index (χ0v) is 16.9. The quantitative estimate of drug-likeness (QED) is 0.651. The fraction of sp³-hybridized carbons (Fsp3) is 0.235. The third kappa shape index (κ3) is 3.71. The Morgan fingerprint density at radius 3 is 2.73 bits per heavy atom. The first kappa shape index (κ1) is 17.7. The van der Waals surface area contributed by atoms with Gasteiger partial charge in [0, 0.05) is 17.6 Å². The van der Waals surface area contributed by atoms with Crippen LogP contribution in [0.2, 0.25) is 0 Å². The first-order valence-corrected chi connectivity index (χ1v) is 11.1. The van der Waals surface area contributed by atoms with Crippen LogP contribution in [0.3, 0.4) is 0 Å². The van der Waals surface area contributed by atoms with Crippen LogP contribution in [0.1, 0.15) is 0 Å². The van der Waals surface area contributed by atoms with Crippen molar-refractivity contribution >= 4 is 58.3 Å². The maximum Gasteiger partial charge on any atom is 0.261 e. The van der Waals surface area contributed by atoms with Gasteiger partial charge in [-0.1, -0.05) is 33.3 Å². The lowest BCUT2D eigenvalue weighted by molar-refractivity contribution is 0.122. The van der Waals surface area contributed by atoms with Gasteiger partial charge >= 0.3 is 0 Å². The van der Waals surface area contributed by atoms with Crippen molar-refractivity contribution in [1.29, 1.82) is 0 Å². The summed E-state index contributed by atoms with van der Waals surface area (Å²) in [4.78, 5) is 7.06. The zero-order chi connectivity index (χ0) is 18.1. The Labute approximate surface area is 164 Å². The van der Waals surface area contributed by atoms with E-state index in [0.29, 0.717) is 23.4 Å². The van der Waals surface area contributed by atoms with Crippen LogP contribution in [0.25, 0.3) is 10.2 Å². The number of benzene rings is 2. The number of hydrogen-bond donors (Lipinski definition) is 1. The van der Waals surface area contributed by atoms with Crippen LogP contribution in [0.15, 0.2) is 51.8 Å². The molecule has 0 unspecified atom stereocenters. The Morgan fingerprint density at radius 2 is 1.96 bits per heavy atom. The summed E-state index contributed by atoms with van der Waals surface area (Å²) >= 11 is 4.86. The van der Waals surface area contributed by atoms with E-state index in [1.807, 2.05) is 12.1 Å². The van der Waals surface area contributed by atoms with Gasteiger partial charge in [0.1, 0.15) is 0 Å². The van der Waals surface area contributed by atoms with E-state index in [-0.39, 0.29) is 4.90 Å².